The van der Waals surface area contributed by atoms with Crippen molar-refractivity contribution in [3.8, 4) is 17.4 Å². The van der Waals surface area contributed by atoms with Gasteiger partial charge in [-0.1, -0.05) is 12.1 Å². The Hall–Kier alpha value is -2.02. The zero-order chi connectivity index (χ0) is 12.8. The van der Waals surface area contributed by atoms with Gasteiger partial charge in [-0.05, 0) is 13.0 Å². The molecule has 0 aromatic carbocycles. The van der Waals surface area contributed by atoms with E-state index in [0.29, 0.717) is 29.8 Å². The molecule has 0 aliphatic rings. The second-order valence-electron chi connectivity index (χ2n) is 3.63. The minimum absolute atomic E-state index is 0.434. The summed E-state index contributed by atoms with van der Waals surface area (Å²) in [6, 6.07) is 1.66. The number of aromatic nitrogens is 4. The lowest BCUT2D eigenvalue weighted by Gasteiger charge is -1.98. The van der Waals surface area contributed by atoms with Crippen LogP contribution >= 0.6 is 0 Å². The number of methoxy groups -OCH3 is 1. The van der Waals surface area contributed by atoms with Gasteiger partial charge in [-0.25, -0.2) is 9.97 Å². The van der Waals surface area contributed by atoms with E-state index in [2.05, 4.69) is 32.3 Å². The van der Waals surface area contributed by atoms with Crippen molar-refractivity contribution in [1.82, 2.24) is 25.4 Å². The van der Waals surface area contributed by atoms with Crippen molar-refractivity contribution in [2.24, 2.45) is 0 Å². The van der Waals surface area contributed by atoms with Crippen LogP contribution in [0.2, 0.25) is 0 Å². The summed E-state index contributed by atoms with van der Waals surface area (Å²) in [5.41, 5.74) is 0.576. The molecular weight excluding hydrogens is 234 g/mol. The Morgan fingerprint density at radius 1 is 1.39 bits per heavy atom. The fraction of sp³-hybridized carbons (Fsp3) is 0.455. The number of hydrogen-bond acceptors (Lipinski definition) is 7. The highest BCUT2D eigenvalue weighted by Crippen LogP contribution is 2.16. The van der Waals surface area contributed by atoms with E-state index in [1.165, 1.54) is 6.33 Å². The SMILES string of the molecule is CCCNCc1nc(-c2cc(OC)ncn2)no1. The minimum Gasteiger partial charge on any atom is -0.481 e. The Labute approximate surface area is 105 Å². The summed E-state index contributed by atoms with van der Waals surface area (Å²) < 4.78 is 10.1. The lowest BCUT2D eigenvalue weighted by atomic mass is 10.4. The predicted octanol–water partition coefficient (Wildman–Crippen LogP) is 1.03. The molecule has 2 heterocycles. The van der Waals surface area contributed by atoms with Crippen LogP contribution in [0.5, 0.6) is 5.88 Å². The molecular formula is C11H15N5O2. The average Bonchev–Trinajstić information content (AvgIpc) is 2.88. The molecule has 0 saturated heterocycles. The van der Waals surface area contributed by atoms with Crippen LogP contribution in [0.1, 0.15) is 19.2 Å². The highest BCUT2D eigenvalue weighted by Gasteiger charge is 2.10. The van der Waals surface area contributed by atoms with Crippen molar-refractivity contribution in [2.45, 2.75) is 19.9 Å². The van der Waals surface area contributed by atoms with E-state index in [-0.39, 0.29) is 0 Å². The molecule has 0 unspecified atom stereocenters. The topological polar surface area (TPSA) is 86.0 Å². The molecule has 0 saturated carbocycles. The third kappa shape index (κ3) is 3.01. The van der Waals surface area contributed by atoms with Gasteiger partial charge in [-0.15, -0.1) is 0 Å². The van der Waals surface area contributed by atoms with Crippen molar-refractivity contribution in [1.29, 1.82) is 0 Å². The molecule has 1 N–H and O–H groups in total. The van der Waals surface area contributed by atoms with Crippen molar-refractivity contribution >= 4 is 0 Å². The monoisotopic (exact) mass is 249 g/mol. The van der Waals surface area contributed by atoms with Crippen LogP contribution in [0.15, 0.2) is 16.9 Å². The molecule has 2 aromatic heterocycles. The van der Waals surface area contributed by atoms with Crippen LogP contribution in [0, 0.1) is 0 Å². The van der Waals surface area contributed by atoms with Gasteiger partial charge in [0.25, 0.3) is 0 Å². The first-order valence-corrected chi connectivity index (χ1v) is 5.73. The van der Waals surface area contributed by atoms with Crippen LogP contribution in [0.3, 0.4) is 0 Å². The summed E-state index contributed by atoms with van der Waals surface area (Å²) in [6.45, 7) is 3.57. The van der Waals surface area contributed by atoms with Crippen LogP contribution in [0.25, 0.3) is 11.5 Å². The van der Waals surface area contributed by atoms with Crippen molar-refractivity contribution < 1.29 is 9.26 Å². The standard InChI is InChI=1S/C11H15N5O2/c1-3-4-12-6-10-15-11(16-18-10)8-5-9(17-2)14-7-13-8/h5,7,12H,3-4,6H2,1-2H3. The Bertz CT molecular complexity index is 500. The van der Waals surface area contributed by atoms with Gasteiger partial charge >= 0.3 is 0 Å². The van der Waals surface area contributed by atoms with E-state index in [1.54, 1.807) is 13.2 Å². The largest absolute Gasteiger partial charge is 0.481 e. The molecule has 0 aliphatic heterocycles. The molecule has 0 bridgehead atoms. The van der Waals surface area contributed by atoms with E-state index in [9.17, 15) is 0 Å². The number of hydrogen-bond donors (Lipinski definition) is 1. The summed E-state index contributed by atoms with van der Waals surface area (Å²) in [4.78, 5) is 12.2. The molecule has 0 amide bonds. The van der Waals surface area contributed by atoms with Crippen molar-refractivity contribution in [3.63, 3.8) is 0 Å². The lowest BCUT2D eigenvalue weighted by Crippen LogP contribution is -2.13. The highest BCUT2D eigenvalue weighted by atomic mass is 16.5. The molecule has 7 nitrogen and oxygen atoms in total. The van der Waals surface area contributed by atoms with Gasteiger partial charge in [-0.3, -0.25) is 0 Å². The number of nitrogens with zero attached hydrogens (tertiary/aromatic N) is 4. The van der Waals surface area contributed by atoms with Crippen LogP contribution in [0.4, 0.5) is 0 Å². The van der Waals surface area contributed by atoms with Gasteiger partial charge in [0.1, 0.15) is 12.0 Å². The summed E-state index contributed by atoms with van der Waals surface area (Å²) >= 11 is 0. The molecule has 96 valence electrons. The van der Waals surface area contributed by atoms with E-state index in [1.807, 2.05) is 0 Å². The Morgan fingerprint density at radius 3 is 3.06 bits per heavy atom. The van der Waals surface area contributed by atoms with Crippen molar-refractivity contribution in [3.05, 3.63) is 18.3 Å². The maximum absolute atomic E-state index is 5.11. The second-order valence-corrected chi connectivity index (χ2v) is 3.63. The van der Waals surface area contributed by atoms with Crippen LogP contribution < -0.4 is 10.1 Å². The number of ether oxygens (including phenoxy) is 1. The minimum atomic E-state index is 0.434. The Morgan fingerprint density at radius 2 is 2.28 bits per heavy atom. The fourth-order valence-electron chi connectivity index (χ4n) is 1.38. The quantitative estimate of drug-likeness (QED) is 0.765. The predicted molar refractivity (Wildman–Crippen MR) is 63.9 cm³/mol. The van der Waals surface area contributed by atoms with Gasteiger partial charge in [0, 0.05) is 6.07 Å². The summed E-state index contributed by atoms with van der Waals surface area (Å²) in [6.07, 6.45) is 2.46. The maximum atomic E-state index is 5.11. The molecule has 0 radical (unpaired) electrons. The van der Waals surface area contributed by atoms with E-state index in [4.69, 9.17) is 9.26 Å². The molecule has 0 fully saturated rings. The first-order valence-electron chi connectivity index (χ1n) is 5.73. The Balaban J connectivity index is 2.08. The van der Waals surface area contributed by atoms with Gasteiger partial charge in [0.15, 0.2) is 0 Å². The molecule has 18 heavy (non-hydrogen) atoms. The first kappa shape index (κ1) is 12.4. The second kappa shape index (κ2) is 6.06. The molecule has 7 heteroatoms. The van der Waals surface area contributed by atoms with E-state index in [0.717, 1.165) is 13.0 Å². The highest BCUT2D eigenvalue weighted by molar-refractivity contribution is 5.48. The zero-order valence-electron chi connectivity index (χ0n) is 10.4. The summed E-state index contributed by atoms with van der Waals surface area (Å²) in [5.74, 6) is 1.44. The number of rotatable bonds is 6. The smallest absolute Gasteiger partial charge is 0.240 e. The van der Waals surface area contributed by atoms with Crippen molar-refractivity contribution in [2.75, 3.05) is 13.7 Å². The molecule has 0 atom stereocenters. The molecule has 2 rings (SSSR count). The van der Waals surface area contributed by atoms with E-state index < -0.39 is 0 Å². The van der Waals surface area contributed by atoms with Crippen LogP contribution in [-0.2, 0) is 6.54 Å². The number of nitrogens with one attached hydrogen (secondary N) is 1. The average molecular weight is 249 g/mol. The third-order valence-electron chi connectivity index (χ3n) is 2.25. The fourth-order valence-corrected chi connectivity index (χ4v) is 1.38. The first-order chi connectivity index (χ1) is 8.83. The summed E-state index contributed by atoms with van der Waals surface area (Å²) in [5, 5.41) is 7.05. The zero-order valence-corrected chi connectivity index (χ0v) is 10.4. The van der Waals surface area contributed by atoms with Crippen LogP contribution in [-0.4, -0.2) is 33.8 Å². The maximum Gasteiger partial charge on any atom is 0.240 e. The van der Waals surface area contributed by atoms with Gasteiger partial charge < -0.3 is 14.6 Å². The lowest BCUT2D eigenvalue weighted by molar-refractivity contribution is 0.368. The normalized spacial score (nSPS) is 10.6. The molecule has 0 aliphatic carbocycles. The van der Waals surface area contributed by atoms with Gasteiger partial charge in [-0.2, -0.15) is 4.98 Å². The van der Waals surface area contributed by atoms with Gasteiger partial charge in [0.05, 0.1) is 13.7 Å². The summed E-state index contributed by atoms with van der Waals surface area (Å²) in [7, 11) is 1.54. The Kier molecular flexibility index (Phi) is 4.19. The van der Waals surface area contributed by atoms with Gasteiger partial charge in [0.2, 0.25) is 17.6 Å². The molecule has 2 aromatic rings. The molecule has 0 spiro atoms. The third-order valence-corrected chi connectivity index (χ3v) is 2.25. The van der Waals surface area contributed by atoms with E-state index >= 15 is 0 Å².